The van der Waals surface area contributed by atoms with Crippen molar-refractivity contribution in [1.82, 2.24) is 10.2 Å². The number of carbonyl (C=O) groups is 1. The summed E-state index contributed by atoms with van der Waals surface area (Å²) >= 11 is 0. The van der Waals surface area contributed by atoms with Crippen molar-refractivity contribution in [3.63, 3.8) is 0 Å². The number of hydrogen-bond acceptors (Lipinski definition) is 3. The molecule has 0 radical (unpaired) electrons. The minimum atomic E-state index is 0.0659. The predicted octanol–water partition coefficient (Wildman–Crippen LogP) is 3.21. The summed E-state index contributed by atoms with van der Waals surface area (Å²) in [5.41, 5.74) is 1.37. The molecule has 1 heterocycles. The fraction of sp³-hybridized carbons (Fsp3) is 0.650. The first-order valence-corrected chi connectivity index (χ1v) is 9.36. The second-order valence-corrected chi connectivity index (χ2v) is 7.60. The van der Waals surface area contributed by atoms with Crippen LogP contribution >= 0.6 is 0 Å². The Bertz CT molecular complexity index is 529. The lowest BCUT2D eigenvalue weighted by Crippen LogP contribution is -2.42. The zero-order valence-corrected chi connectivity index (χ0v) is 15.0. The van der Waals surface area contributed by atoms with Gasteiger partial charge in [0.1, 0.15) is 5.75 Å². The van der Waals surface area contributed by atoms with Gasteiger partial charge in [0.25, 0.3) is 0 Å². The number of nitrogens with zero attached hydrogens (tertiary/aromatic N) is 1. The molecule has 24 heavy (non-hydrogen) atoms. The van der Waals surface area contributed by atoms with Crippen LogP contribution in [0.1, 0.15) is 45.1 Å². The second kappa shape index (κ2) is 8.02. The molecule has 1 N–H and O–H groups in total. The molecule has 0 aromatic heterocycles. The molecule has 2 fully saturated rings. The molecule has 4 heteroatoms. The monoisotopic (exact) mass is 330 g/mol. The standard InChI is InChI=1S/C20H30N2O2/c1-15(2)20(23)21-13-17-11-19(12-17)24-18-7-5-16(6-8-18)14-22-9-3-4-10-22/h5-8,15,17,19H,3-4,9-14H2,1-2H3,(H,21,23). The zero-order chi connectivity index (χ0) is 16.9. The molecule has 1 aromatic rings. The van der Waals surface area contributed by atoms with Gasteiger partial charge in [0.05, 0.1) is 6.10 Å². The molecule has 0 bridgehead atoms. The molecule has 1 saturated carbocycles. The van der Waals surface area contributed by atoms with Gasteiger partial charge in [0.15, 0.2) is 0 Å². The van der Waals surface area contributed by atoms with Crippen molar-refractivity contribution in [3.05, 3.63) is 29.8 Å². The van der Waals surface area contributed by atoms with Gasteiger partial charge in [-0.1, -0.05) is 26.0 Å². The van der Waals surface area contributed by atoms with E-state index in [9.17, 15) is 4.79 Å². The molecule has 3 rings (SSSR count). The third-order valence-corrected chi connectivity index (χ3v) is 5.11. The molecule has 1 aromatic carbocycles. The highest BCUT2D eigenvalue weighted by atomic mass is 16.5. The summed E-state index contributed by atoms with van der Waals surface area (Å²) < 4.78 is 6.03. The maximum absolute atomic E-state index is 11.6. The highest BCUT2D eigenvalue weighted by molar-refractivity contribution is 5.77. The van der Waals surface area contributed by atoms with Crippen molar-refractivity contribution < 1.29 is 9.53 Å². The van der Waals surface area contributed by atoms with Crippen molar-refractivity contribution in [2.24, 2.45) is 11.8 Å². The Morgan fingerprint density at radius 1 is 1.21 bits per heavy atom. The van der Waals surface area contributed by atoms with Crippen molar-refractivity contribution in [3.8, 4) is 5.75 Å². The highest BCUT2D eigenvalue weighted by Gasteiger charge is 2.31. The van der Waals surface area contributed by atoms with E-state index in [-0.39, 0.29) is 11.8 Å². The van der Waals surface area contributed by atoms with E-state index in [1.807, 2.05) is 13.8 Å². The molecular formula is C20H30N2O2. The number of hydrogen-bond donors (Lipinski definition) is 1. The first-order valence-electron chi connectivity index (χ1n) is 9.36. The van der Waals surface area contributed by atoms with Crippen LogP contribution in [0.15, 0.2) is 24.3 Å². The van der Waals surface area contributed by atoms with Gasteiger partial charge in [-0.15, -0.1) is 0 Å². The van der Waals surface area contributed by atoms with Crippen molar-refractivity contribution >= 4 is 5.91 Å². The molecule has 1 saturated heterocycles. The smallest absolute Gasteiger partial charge is 0.222 e. The summed E-state index contributed by atoms with van der Waals surface area (Å²) in [5, 5.41) is 3.01. The first kappa shape index (κ1) is 17.3. The fourth-order valence-corrected chi connectivity index (χ4v) is 3.45. The topological polar surface area (TPSA) is 41.6 Å². The van der Waals surface area contributed by atoms with Crippen molar-refractivity contribution in [1.29, 1.82) is 0 Å². The molecule has 1 aliphatic heterocycles. The van der Waals surface area contributed by atoms with Crippen LogP contribution in [0.3, 0.4) is 0 Å². The lowest BCUT2D eigenvalue weighted by molar-refractivity contribution is -0.124. The fourth-order valence-electron chi connectivity index (χ4n) is 3.45. The maximum Gasteiger partial charge on any atom is 0.222 e. The van der Waals surface area contributed by atoms with E-state index in [1.165, 1.54) is 31.5 Å². The maximum atomic E-state index is 11.6. The van der Waals surface area contributed by atoms with Crippen LogP contribution in [0.5, 0.6) is 5.75 Å². The van der Waals surface area contributed by atoms with Crippen LogP contribution < -0.4 is 10.1 Å². The summed E-state index contributed by atoms with van der Waals surface area (Å²) in [6.07, 6.45) is 5.04. The zero-order valence-electron chi connectivity index (χ0n) is 15.0. The number of benzene rings is 1. The molecule has 0 unspecified atom stereocenters. The minimum Gasteiger partial charge on any atom is -0.490 e. The third kappa shape index (κ3) is 4.73. The van der Waals surface area contributed by atoms with Crippen LogP contribution in [0.25, 0.3) is 0 Å². The van der Waals surface area contributed by atoms with E-state index < -0.39 is 0 Å². The number of amides is 1. The van der Waals surface area contributed by atoms with Crippen LogP contribution in [-0.4, -0.2) is 36.5 Å². The Kier molecular flexibility index (Phi) is 5.77. The van der Waals surface area contributed by atoms with Gasteiger partial charge < -0.3 is 10.1 Å². The Hall–Kier alpha value is -1.55. The molecule has 2 aliphatic rings. The quantitative estimate of drug-likeness (QED) is 0.835. The van der Waals surface area contributed by atoms with Crippen molar-refractivity contribution in [2.45, 2.75) is 52.2 Å². The molecule has 1 aliphatic carbocycles. The van der Waals surface area contributed by atoms with Gasteiger partial charge in [-0.25, -0.2) is 0 Å². The highest BCUT2D eigenvalue weighted by Crippen LogP contribution is 2.31. The number of likely N-dealkylation sites (tertiary alicyclic amines) is 1. The molecule has 4 nitrogen and oxygen atoms in total. The summed E-state index contributed by atoms with van der Waals surface area (Å²) in [4.78, 5) is 14.1. The average molecular weight is 330 g/mol. The molecule has 132 valence electrons. The van der Waals surface area contributed by atoms with Crippen LogP contribution in [0, 0.1) is 11.8 Å². The summed E-state index contributed by atoms with van der Waals surface area (Å²) in [6, 6.07) is 8.57. The normalized spacial score (nSPS) is 24.0. The number of nitrogens with one attached hydrogen (secondary N) is 1. The predicted molar refractivity (Wildman–Crippen MR) is 95.9 cm³/mol. The Balaban J connectivity index is 1.36. The van der Waals surface area contributed by atoms with E-state index in [4.69, 9.17) is 4.74 Å². The van der Waals surface area contributed by atoms with Gasteiger partial charge >= 0.3 is 0 Å². The van der Waals surface area contributed by atoms with Gasteiger partial charge in [-0.3, -0.25) is 9.69 Å². The SMILES string of the molecule is CC(C)C(=O)NCC1CC(Oc2ccc(CN3CCCC3)cc2)C1. The molecular weight excluding hydrogens is 300 g/mol. The number of rotatable bonds is 7. The van der Waals surface area contributed by atoms with Crippen molar-refractivity contribution in [2.75, 3.05) is 19.6 Å². The molecule has 1 amide bonds. The second-order valence-electron chi connectivity index (χ2n) is 7.60. The van der Waals surface area contributed by atoms with Crippen LogP contribution in [0.2, 0.25) is 0 Å². The minimum absolute atomic E-state index is 0.0659. The van der Waals surface area contributed by atoms with E-state index in [2.05, 4.69) is 34.5 Å². The Labute approximate surface area is 145 Å². The van der Waals surface area contributed by atoms with Crippen LogP contribution in [-0.2, 0) is 11.3 Å². The van der Waals surface area contributed by atoms with Gasteiger partial charge in [-0.05, 0) is 62.4 Å². The van der Waals surface area contributed by atoms with Gasteiger partial charge in [0.2, 0.25) is 5.91 Å². The Morgan fingerprint density at radius 2 is 1.88 bits per heavy atom. The van der Waals surface area contributed by atoms with E-state index >= 15 is 0 Å². The van der Waals surface area contributed by atoms with Gasteiger partial charge in [-0.2, -0.15) is 0 Å². The Morgan fingerprint density at radius 3 is 2.50 bits per heavy atom. The lowest BCUT2D eigenvalue weighted by atomic mass is 9.82. The largest absolute Gasteiger partial charge is 0.490 e. The van der Waals surface area contributed by atoms with Crippen LogP contribution in [0.4, 0.5) is 0 Å². The molecule has 0 spiro atoms. The lowest BCUT2D eigenvalue weighted by Gasteiger charge is -2.35. The number of carbonyl (C=O) groups excluding carboxylic acids is 1. The summed E-state index contributed by atoms with van der Waals surface area (Å²) in [5.74, 6) is 1.74. The summed E-state index contributed by atoms with van der Waals surface area (Å²) in [7, 11) is 0. The third-order valence-electron chi connectivity index (χ3n) is 5.11. The number of ether oxygens (including phenoxy) is 1. The van der Waals surface area contributed by atoms with E-state index in [1.54, 1.807) is 0 Å². The van der Waals surface area contributed by atoms with E-state index in [0.717, 1.165) is 31.7 Å². The average Bonchev–Trinajstić information content (AvgIpc) is 3.03. The molecule has 0 atom stereocenters. The van der Waals surface area contributed by atoms with Gasteiger partial charge in [0, 0.05) is 19.0 Å². The van der Waals surface area contributed by atoms with E-state index in [0.29, 0.717) is 12.0 Å². The first-order chi connectivity index (χ1) is 11.6. The summed E-state index contributed by atoms with van der Waals surface area (Å²) in [6.45, 7) is 8.15.